The molecule has 0 amide bonds. The van der Waals surface area contributed by atoms with Crippen LogP contribution in [0.25, 0.3) is 0 Å². The zero-order valence-electron chi connectivity index (χ0n) is 10.1. The van der Waals surface area contributed by atoms with Crippen LogP contribution in [-0.4, -0.2) is 27.7 Å². The second kappa shape index (κ2) is 6.52. The van der Waals surface area contributed by atoms with Gasteiger partial charge in [0.05, 0.1) is 5.56 Å². The molecule has 104 valence electrons. The Morgan fingerprint density at radius 1 is 1.47 bits per heavy atom. The predicted octanol–water partition coefficient (Wildman–Crippen LogP) is 2.15. The molecule has 1 heterocycles. The first-order valence-corrected chi connectivity index (χ1v) is 7.09. The average Bonchev–Trinajstić information content (AvgIpc) is 2.33. The largest absolute Gasteiger partial charge is 0.433 e. The lowest BCUT2D eigenvalue weighted by molar-refractivity contribution is -0.141. The van der Waals surface area contributed by atoms with Gasteiger partial charge in [0.1, 0.15) is 17.6 Å². The molecule has 0 aromatic carbocycles. The Morgan fingerprint density at radius 2 is 2.16 bits per heavy atom. The SMILES string of the molecule is CS(=O)CCCNc1nc(C(F)(F)F)ccc1C#N. The minimum atomic E-state index is -4.55. The number of hydrogen-bond acceptors (Lipinski definition) is 4. The van der Waals surface area contributed by atoms with Crippen LogP contribution in [0.5, 0.6) is 0 Å². The minimum Gasteiger partial charge on any atom is -0.369 e. The van der Waals surface area contributed by atoms with E-state index < -0.39 is 22.7 Å². The molecule has 4 nitrogen and oxygen atoms in total. The molecule has 19 heavy (non-hydrogen) atoms. The van der Waals surface area contributed by atoms with Crippen LogP contribution in [0.4, 0.5) is 19.0 Å². The third-order valence-corrected chi connectivity index (χ3v) is 3.07. The molecule has 0 spiro atoms. The summed E-state index contributed by atoms with van der Waals surface area (Å²) < 4.78 is 48.3. The number of halogens is 3. The predicted molar refractivity (Wildman–Crippen MR) is 66.0 cm³/mol. The molecule has 0 aliphatic rings. The molecular formula is C11H12F3N3OS. The van der Waals surface area contributed by atoms with E-state index in [1.165, 1.54) is 0 Å². The lowest BCUT2D eigenvalue weighted by atomic mass is 10.2. The Morgan fingerprint density at radius 3 is 2.68 bits per heavy atom. The topological polar surface area (TPSA) is 65.8 Å². The van der Waals surface area contributed by atoms with Gasteiger partial charge in [0.25, 0.3) is 0 Å². The van der Waals surface area contributed by atoms with Gasteiger partial charge < -0.3 is 5.32 Å². The summed E-state index contributed by atoms with van der Waals surface area (Å²) in [6.07, 6.45) is -2.48. The number of aromatic nitrogens is 1. The van der Waals surface area contributed by atoms with Crippen molar-refractivity contribution in [1.82, 2.24) is 4.98 Å². The van der Waals surface area contributed by atoms with Crippen molar-refractivity contribution in [2.45, 2.75) is 12.6 Å². The summed E-state index contributed by atoms with van der Waals surface area (Å²) in [6.45, 7) is 0.308. The second-order valence-corrected chi connectivity index (χ2v) is 5.31. The first-order valence-electron chi connectivity index (χ1n) is 5.37. The van der Waals surface area contributed by atoms with Crippen molar-refractivity contribution in [2.75, 3.05) is 23.9 Å². The Labute approximate surface area is 111 Å². The minimum absolute atomic E-state index is 0.0469. The van der Waals surface area contributed by atoms with Crippen molar-refractivity contribution < 1.29 is 17.4 Å². The van der Waals surface area contributed by atoms with Gasteiger partial charge in [0.2, 0.25) is 0 Å². The van der Waals surface area contributed by atoms with Crippen molar-refractivity contribution in [3.8, 4) is 6.07 Å². The number of rotatable bonds is 5. The van der Waals surface area contributed by atoms with Gasteiger partial charge in [-0.15, -0.1) is 0 Å². The van der Waals surface area contributed by atoms with E-state index in [1.807, 2.05) is 0 Å². The molecule has 1 unspecified atom stereocenters. The molecule has 0 aliphatic heterocycles. The van der Waals surface area contributed by atoms with Gasteiger partial charge >= 0.3 is 6.18 Å². The van der Waals surface area contributed by atoms with Crippen LogP contribution in [0.1, 0.15) is 17.7 Å². The van der Waals surface area contributed by atoms with Gasteiger partial charge in [0, 0.05) is 29.4 Å². The van der Waals surface area contributed by atoms with Gasteiger partial charge in [-0.1, -0.05) is 0 Å². The highest BCUT2D eigenvalue weighted by atomic mass is 32.2. The molecular weight excluding hydrogens is 279 g/mol. The van der Waals surface area contributed by atoms with Gasteiger partial charge in [-0.05, 0) is 18.6 Å². The summed E-state index contributed by atoms with van der Waals surface area (Å²) in [5.74, 6) is 0.340. The highest BCUT2D eigenvalue weighted by Gasteiger charge is 2.33. The summed E-state index contributed by atoms with van der Waals surface area (Å²) in [5.41, 5.74) is -1.00. The molecule has 0 radical (unpaired) electrons. The lowest BCUT2D eigenvalue weighted by Gasteiger charge is -2.10. The van der Waals surface area contributed by atoms with Crippen LogP contribution in [-0.2, 0) is 17.0 Å². The van der Waals surface area contributed by atoms with E-state index in [1.54, 1.807) is 12.3 Å². The molecule has 0 bridgehead atoms. The number of anilines is 1. The fourth-order valence-corrected chi connectivity index (χ4v) is 1.88. The van der Waals surface area contributed by atoms with Gasteiger partial charge in [-0.25, -0.2) is 4.98 Å². The van der Waals surface area contributed by atoms with Crippen LogP contribution < -0.4 is 5.32 Å². The number of pyridine rings is 1. The van der Waals surface area contributed by atoms with Gasteiger partial charge in [-0.3, -0.25) is 4.21 Å². The number of nitrogens with zero attached hydrogens (tertiary/aromatic N) is 2. The van der Waals surface area contributed by atoms with E-state index in [0.29, 0.717) is 18.7 Å². The van der Waals surface area contributed by atoms with Crippen LogP contribution in [0.3, 0.4) is 0 Å². The summed E-state index contributed by atoms with van der Waals surface area (Å²) in [7, 11) is -0.954. The van der Waals surface area contributed by atoms with Crippen molar-refractivity contribution >= 4 is 16.6 Å². The van der Waals surface area contributed by atoms with E-state index >= 15 is 0 Å². The van der Waals surface area contributed by atoms with E-state index in [0.717, 1.165) is 12.1 Å². The monoisotopic (exact) mass is 291 g/mol. The molecule has 1 rings (SSSR count). The molecule has 0 saturated heterocycles. The Bertz CT molecular complexity index is 511. The molecule has 1 atom stereocenters. The van der Waals surface area contributed by atoms with Crippen molar-refractivity contribution in [2.24, 2.45) is 0 Å². The first kappa shape index (κ1) is 15.4. The average molecular weight is 291 g/mol. The maximum Gasteiger partial charge on any atom is 0.433 e. The van der Waals surface area contributed by atoms with Gasteiger partial charge in [0.15, 0.2) is 0 Å². The van der Waals surface area contributed by atoms with Crippen LogP contribution in [0.15, 0.2) is 12.1 Å². The second-order valence-electron chi connectivity index (χ2n) is 3.76. The van der Waals surface area contributed by atoms with Gasteiger partial charge in [-0.2, -0.15) is 18.4 Å². The van der Waals surface area contributed by atoms with E-state index in [4.69, 9.17) is 5.26 Å². The normalized spacial score (nSPS) is 12.8. The van der Waals surface area contributed by atoms with Crippen molar-refractivity contribution in [3.05, 3.63) is 23.4 Å². The third-order valence-electron chi connectivity index (χ3n) is 2.21. The van der Waals surface area contributed by atoms with E-state index in [-0.39, 0.29) is 11.4 Å². The Hall–Kier alpha value is -1.62. The summed E-state index contributed by atoms with van der Waals surface area (Å²) >= 11 is 0. The fourth-order valence-electron chi connectivity index (χ4n) is 1.32. The maximum atomic E-state index is 12.5. The van der Waals surface area contributed by atoms with Crippen molar-refractivity contribution in [3.63, 3.8) is 0 Å². The van der Waals surface area contributed by atoms with Crippen LogP contribution in [0, 0.1) is 11.3 Å². The quantitative estimate of drug-likeness (QED) is 0.844. The molecule has 1 aromatic heterocycles. The molecule has 0 fully saturated rings. The van der Waals surface area contributed by atoms with E-state index in [9.17, 15) is 17.4 Å². The zero-order valence-corrected chi connectivity index (χ0v) is 10.9. The number of alkyl halides is 3. The molecule has 8 heteroatoms. The fraction of sp³-hybridized carbons (Fsp3) is 0.455. The summed E-state index contributed by atoms with van der Waals surface area (Å²) in [5, 5.41) is 11.5. The molecule has 1 aromatic rings. The van der Waals surface area contributed by atoms with Crippen LogP contribution in [0.2, 0.25) is 0 Å². The zero-order chi connectivity index (χ0) is 14.5. The smallest absolute Gasteiger partial charge is 0.369 e. The third kappa shape index (κ3) is 4.87. The molecule has 0 aliphatic carbocycles. The summed E-state index contributed by atoms with van der Waals surface area (Å²) in [4.78, 5) is 3.40. The molecule has 0 saturated carbocycles. The lowest BCUT2D eigenvalue weighted by Crippen LogP contribution is -2.13. The maximum absolute atomic E-state index is 12.5. The number of nitrogens with one attached hydrogen (secondary N) is 1. The summed E-state index contributed by atoms with van der Waals surface area (Å²) in [6, 6.07) is 3.62. The number of hydrogen-bond donors (Lipinski definition) is 1. The Balaban J connectivity index is 2.80. The molecule has 1 N–H and O–H groups in total. The highest BCUT2D eigenvalue weighted by Crippen LogP contribution is 2.29. The number of nitriles is 1. The highest BCUT2D eigenvalue weighted by molar-refractivity contribution is 7.84. The van der Waals surface area contributed by atoms with Crippen molar-refractivity contribution in [1.29, 1.82) is 5.26 Å². The van der Waals surface area contributed by atoms with Crippen LogP contribution >= 0.6 is 0 Å². The Kier molecular flexibility index (Phi) is 5.30. The van der Waals surface area contributed by atoms with E-state index in [2.05, 4.69) is 10.3 Å². The standard InChI is InChI=1S/C11H12F3N3OS/c1-19(18)6-2-5-16-10-8(7-15)3-4-9(17-10)11(12,13)14/h3-4H,2,5-6H2,1H3,(H,16,17). The first-order chi connectivity index (χ1) is 8.84.